The van der Waals surface area contributed by atoms with Crippen molar-refractivity contribution >= 4 is 21.8 Å². The van der Waals surface area contributed by atoms with Gasteiger partial charge in [-0.3, -0.25) is 0 Å². The van der Waals surface area contributed by atoms with Crippen molar-refractivity contribution in [2.24, 2.45) is 0 Å². The first-order chi connectivity index (χ1) is 9.65. The lowest BCUT2D eigenvalue weighted by molar-refractivity contribution is -0.0638. The number of benzene rings is 2. The van der Waals surface area contributed by atoms with E-state index < -0.39 is 0 Å². The summed E-state index contributed by atoms with van der Waals surface area (Å²) in [6, 6.07) is 16.7. The third-order valence-electron chi connectivity index (χ3n) is 2.59. The zero-order valence-electron chi connectivity index (χ0n) is 10.6. The van der Waals surface area contributed by atoms with E-state index in [1.54, 1.807) is 12.1 Å². The smallest absolute Gasteiger partial charge is 0.102 e. The minimum absolute atomic E-state index is 0.0112. The third kappa shape index (κ3) is 4.45. The molecule has 0 heterocycles. The van der Waals surface area contributed by atoms with E-state index in [0.29, 0.717) is 12.0 Å². The topological polar surface area (TPSA) is 71.0 Å². The van der Waals surface area contributed by atoms with Crippen LogP contribution in [0.15, 0.2) is 59.1 Å². The van der Waals surface area contributed by atoms with Crippen LogP contribution < -0.4 is 0 Å². The maximum absolute atomic E-state index is 9.69. The molecule has 5 heteroatoms. The number of hydrogen-bond donors (Lipinski definition) is 2. The van der Waals surface area contributed by atoms with Gasteiger partial charge in [0.05, 0.1) is 0 Å². The fourth-order valence-corrected chi connectivity index (χ4v) is 1.85. The number of hydrogen-bond acceptors (Lipinski definition) is 2. The molecule has 0 atom stereocenters. The molecule has 3 N–H and O–H groups in total. The molecule has 0 aliphatic rings. The molecule has 0 spiro atoms. The summed E-state index contributed by atoms with van der Waals surface area (Å²) < 4.78 is 0.935. The SMILES string of the molecule is N=C([N-][OH+][C-](O)Cc1ccccc1)c1ccc(Br)cc1. The van der Waals surface area contributed by atoms with Gasteiger partial charge >= 0.3 is 0 Å². The maximum Gasteiger partial charge on any atom is 0.102 e. The highest BCUT2D eigenvalue weighted by atomic mass is 79.9. The maximum atomic E-state index is 9.69. The van der Waals surface area contributed by atoms with Gasteiger partial charge in [-0.1, -0.05) is 70.4 Å². The van der Waals surface area contributed by atoms with Crippen molar-refractivity contribution in [3.8, 4) is 0 Å². The van der Waals surface area contributed by atoms with Crippen molar-refractivity contribution in [3.63, 3.8) is 0 Å². The van der Waals surface area contributed by atoms with Gasteiger partial charge in [0.25, 0.3) is 0 Å². The third-order valence-corrected chi connectivity index (χ3v) is 3.12. The molecule has 0 unspecified atom stereocenters. The van der Waals surface area contributed by atoms with Crippen molar-refractivity contribution in [3.05, 3.63) is 82.0 Å². The van der Waals surface area contributed by atoms with Gasteiger partial charge in [-0.25, -0.2) is 5.48 Å². The van der Waals surface area contributed by atoms with E-state index in [2.05, 4.69) is 26.2 Å². The molecule has 0 fully saturated rings. The van der Waals surface area contributed by atoms with E-state index in [-0.39, 0.29) is 12.1 Å². The Bertz CT molecular complexity index is 558. The highest BCUT2D eigenvalue weighted by Crippen LogP contribution is 2.14. The van der Waals surface area contributed by atoms with Crippen LogP contribution in [0.25, 0.3) is 5.48 Å². The zero-order chi connectivity index (χ0) is 14.4. The molecule has 0 aliphatic heterocycles. The monoisotopic (exact) mass is 333 g/mol. The Morgan fingerprint density at radius 2 is 1.80 bits per heavy atom. The lowest BCUT2D eigenvalue weighted by Crippen LogP contribution is -2.11. The van der Waals surface area contributed by atoms with E-state index in [9.17, 15) is 5.11 Å². The normalized spacial score (nSPS) is 10.6. The molecule has 0 saturated carbocycles. The summed E-state index contributed by atoms with van der Waals surface area (Å²) in [4.78, 5) is 3.68. The standard InChI is InChI=1S/C15H14BrN2O2/c16-13-8-6-12(7-9-13)15(17)18-20-14(19)10-11-4-2-1-3-5-11/h1-9,19-20H,10H2,(H-,17,18)/q-1. The Morgan fingerprint density at radius 3 is 2.45 bits per heavy atom. The molecule has 4 nitrogen and oxygen atoms in total. The largest absolute Gasteiger partial charge is 0.489 e. The first-order valence-corrected chi connectivity index (χ1v) is 6.79. The van der Waals surface area contributed by atoms with Crippen molar-refractivity contribution in [1.29, 1.82) is 5.41 Å². The predicted octanol–water partition coefficient (Wildman–Crippen LogP) is 4.18. The van der Waals surface area contributed by atoms with Gasteiger partial charge < -0.3 is 15.4 Å². The van der Waals surface area contributed by atoms with Crippen LogP contribution in [0, 0.1) is 11.7 Å². The van der Waals surface area contributed by atoms with E-state index in [4.69, 9.17) is 5.41 Å². The van der Waals surface area contributed by atoms with Crippen LogP contribution in [-0.2, 0) is 6.42 Å². The van der Waals surface area contributed by atoms with Gasteiger partial charge in [-0.15, -0.1) is 0 Å². The summed E-state index contributed by atoms with van der Waals surface area (Å²) in [5.74, 6) is 0.0112. The summed E-state index contributed by atoms with van der Waals surface area (Å²) >= 11 is 3.33. The fourth-order valence-electron chi connectivity index (χ4n) is 1.59. The van der Waals surface area contributed by atoms with Crippen LogP contribution in [0.1, 0.15) is 11.1 Å². The lowest BCUT2D eigenvalue weighted by Gasteiger charge is -2.23. The quantitative estimate of drug-likeness (QED) is 0.278. The Kier molecular flexibility index (Phi) is 5.29. The van der Waals surface area contributed by atoms with E-state index >= 15 is 0 Å². The van der Waals surface area contributed by atoms with Gasteiger partial charge in [0.1, 0.15) is 6.29 Å². The molecule has 0 radical (unpaired) electrons. The van der Waals surface area contributed by atoms with Crippen molar-refractivity contribution in [1.82, 2.24) is 0 Å². The number of amidine groups is 1. The molecule has 0 amide bonds. The highest BCUT2D eigenvalue weighted by Gasteiger charge is 2.00. The summed E-state index contributed by atoms with van der Waals surface area (Å²) in [7, 11) is 0. The van der Waals surface area contributed by atoms with Crippen LogP contribution in [-0.4, -0.2) is 15.8 Å². The van der Waals surface area contributed by atoms with Crippen LogP contribution in [0.4, 0.5) is 0 Å². The molecule has 0 saturated heterocycles. The molecule has 0 bridgehead atoms. The van der Waals surface area contributed by atoms with Crippen LogP contribution in [0.5, 0.6) is 0 Å². The number of nitrogens with zero attached hydrogens (tertiary/aromatic N) is 1. The molecule has 0 aliphatic carbocycles. The Hall–Kier alpha value is -1.69. The number of aliphatic hydroxyl groups excluding tert-OH is 1. The summed E-state index contributed by atoms with van der Waals surface area (Å²) in [6.45, 7) is 0. The van der Waals surface area contributed by atoms with Crippen LogP contribution >= 0.6 is 15.9 Å². The molecule has 2 aromatic carbocycles. The molecular weight excluding hydrogens is 320 g/mol. The van der Waals surface area contributed by atoms with Gasteiger partial charge in [-0.2, -0.15) is 0 Å². The van der Waals surface area contributed by atoms with Crippen molar-refractivity contribution in [2.75, 3.05) is 0 Å². The molecule has 0 aromatic heterocycles. The summed E-state index contributed by atoms with van der Waals surface area (Å²) in [5.41, 5.74) is 5.31. The molecule has 20 heavy (non-hydrogen) atoms. The zero-order valence-corrected chi connectivity index (χ0v) is 12.2. The second-order valence-corrected chi connectivity index (χ2v) is 5.05. The Balaban J connectivity index is 1.82. The average Bonchev–Trinajstić information content (AvgIpc) is 2.46. The second kappa shape index (κ2) is 7.19. The predicted molar refractivity (Wildman–Crippen MR) is 81.4 cm³/mol. The van der Waals surface area contributed by atoms with Crippen LogP contribution in [0.3, 0.4) is 0 Å². The minimum Gasteiger partial charge on any atom is -0.489 e. The van der Waals surface area contributed by atoms with Gasteiger partial charge in [0.15, 0.2) is 0 Å². The average molecular weight is 334 g/mol. The van der Waals surface area contributed by atoms with Crippen molar-refractivity contribution < 1.29 is 9.94 Å². The van der Waals surface area contributed by atoms with Gasteiger partial charge in [-0.05, 0) is 17.7 Å². The molecule has 2 aromatic rings. The number of aliphatic hydroxyl groups is 2. The first kappa shape index (κ1) is 14.7. The molecular formula is C15H14BrN2O2-. The highest BCUT2D eigenvalue weighted by molar-refractivity contribution is 9.10. The Labute approximate surface area is 126 Å². The van der Waals surface area contributed by atoms with Gasteiger partial charge in [0.2, 0.25) is 0 Å². The first-order valence-electron chi connectivity index (χ1n) is 6.00. The summed E-state index contributed by atoms with van der Waals surface area (Å²) in [6.07, 6.45) is 0.191. The molecule has 104 valence electrons. The number of halogens is 1. The van der Waals surface area contributed by atoms with E-state index in [0.717, 1.165) is 10.0 Å². The van der Waals surface area contributed by atoms with Crippen LogP contribution in [0.2, 0.25) is 0 Å². The second-order valence-electron chi connectivity index (χ2n) is 4.13. The summed E-state index contributed by atoms with van der Waals surface area (Å²) in [5, 5.41) is 17.5. The molecule has 2 rings (SSSR count). The van der Waals surface area contributed by atoms with Gasteiger partial charge in [0, 0.05) is 10.3 Å². The van der Waals surface area contributed by atoms with E-state index in [1.165, 1.54) is 0 Å². The van der Waals surface area contributed by atoms with Crippen molar-refractivity contribution in [2.45, 2.75) is 6.42 Å². The van der Waals surface area contributed by atoms with E-state index in [1.807, 2.05) is 42.5 Å². The lowest BCUT2D eigenvalue weighted by atomic mass is 10.1. The number of rotatable bonds is 5. The Morgan fingerprint density at radius 1 is 1.15 bits per heavy atom. The number of hydroxylamine groups is 1. The fraction of sp³-hybridized carbons (Fsp3) is 0.0667. The number of nitrogens with one attached hydrogen (secondary N) is 1. The minimum atomic E-state index is -0.113.